The first kappa shape index (κ1) is 18.2. The van der Waals surface area contributed by atoms with Crippen LogP contribution in [0.5, 0.6) is 5.75 Å². The summed E-state index contributed by atoms with van der Waals surface area (Å²) in [7, 11) is 0. The van der Waals surface area contributed by atoms with E-state index in [4.69, 9.17) is 28.6 Å². The van der Waals surface area contributed by atoms with Crippen LogP contribution in [-0.2, 0) is 0 Å². The lowest BCUT2D eigenvalue weighted by Gasteiger charge is -2.11. The van der Waals surface area contributed by atoms with Crippen LogP contribution in [0.4, 0.5) is 0 Å². The Hall–Kier alpha value is -2.11. The number of nitrogens with one attached hydrogen (secondary N) is 2. The lowest BCUT2D eigenvalue weighted by molar-refractivity contribution is 0.0976. The van der Waals surface area contributed by atoms with Crippen LogP contribution in [0.3, 0.4) is 0 Å². The Kier molecular flexibility index (Phi) is 7.03. The predicted molar refractivity (Wildman–Crippen MR) is 101 cm³/mol. The molecule has 0 unspecified atom stereocenters. The SMILES string of the molecule is Cc1ccccc1C(=O)NC(=S)NCCCOc1ccc(Cl)cc1. The van der Waals surface area contributed by atoms with Crippen LogP contribution in [0, 0.1) is 6.92 Å². The summed E-state index contributed by atoms with van der Waals surface area (Å²) in [6.45, 7) is 3.04. The molecule has 1 amide bonds. The number of amides is 1. The number of ether oxygens (including phenoxy) is 1. The summed E-state index contributed by atoms with van der Waals surface area (Å²) in [5, 5.41) is 6.67. The maximum absolute atomic E-state index is 12.1. The minimum atomic E-state index is -0.206. The van der Waals surface area contributed by atoms with Crippen molar-refractivity contribution in [3.8, 4) is 5.75 Å². The molecule has 126 valence electrons. The van der Waals surface area contributed by atoms with Gasteiger partial charge < -0.3 is 10.1 Å². The maximum Gasteiger partial charge on any atom is 0.257 e. The first-order valence-corrected chi connectivity index (χ1v) is 8.38. The molecule has 0 spiro atoms. The molecular formula is C18H19ClN2O2S. The van der Waals surface area contributed by atoms with Crippen LogP contribution in [0.25, 0.3) is 0 Å². The van der Waals surface area contributed by atoms with Gasteiger partial charge >= 0.3 is 0 Å². The monoisotopic (exact) mass is 362 g/mol. The van der Waals surface area contributed by atoms with Gasteiger partial charge in [-0.05, 0) is 61.5 Å². The zero-order valence-electron chi connectivity index (χ0n) is 13.3. The summed E-state index contributed by atoms with van der Waals surface area (Å²) in [4.78, 5) is 12.1. The summed E-state index contributed by atoms with van der Waals surface area (Å²) >= 11 is 10.9. The van der Waals surface area contributed by atoms with Crippen molar-refractivity contribution >= 4 is 34.8 Å². The van der Waals surface area contributed by atoms with Gasteiger partial charge in [-0.15, -0.1) is 0 Å². The largest absolute Gasteiger partial charge is 0.494 e. The Morgan fingerprint density at radius 1 is 1.17 bits per heavy atom. The average molecular weight is 363 g/mol. The normalized spacial score (nSPS) is 10.1. The van der Waals surface area contributed by atoms with Gasteiger partial charge in [0.25, 0.3) is 5.91 Å². The first-order chi connectivity index (χ1) is 11.6. The molecule has 2 N–H and O–H groups in total. The smallest absolute Gasteiger partial charge is 0.257 e. The van der Waals surface area contributed by atoms with Crippen molar-refractivity contribution in [1.29, 1.82) is 0 Å². The van der Waals surface area contributed by atoms with E-state index in [-0.39, 0.29) is 5.91 Å². The van der Waals surface area contributed by atoms with E-state index in [9.17, 15) is 4.79 Å². The zero-order valence-corrected chi connectivity index (χ0v) is 14.9. The van der Waals surface area contributed by atoms with Gasteiger partial charge in [-0.1, -0.05) is 29.8 Å². The fourth-order valence-corrected chi connectivity index (χ4v) is 2.36. The van der Waals surface area contributed by atoms with E-state index in [0.29, 0.717) is 28.9 Å². The van der Waals surface area contributed by atoms with E-state index in [0.717, 1.165) is 17.7 Å². The molecule has 0 saturated carbocycles. The number of benzene rings is 2. The third kappa shape index (κ3) is 5.83. The summed E-state index contributed by atoms with van der Waals surface area (Å²) < 4.78 is 5.58. The molecule has 0 heterocycles. The molecule has 2 aromatic rings. The molecule has 0 aliphatic heterocycles. The second kappa shape index (κ2) is 9.25. The highest BCUT2D eigenvalue weighted by atomic mass is 35.5. The van der Waals surface area contributed by atoms with Crippen LogP contribution in [-0.4, -0.2) is 24.2 Å². The molecule has 2 aromatic carbocycles. The van der Waals surface area contributed by atoms with Crippen molar-refractivity contribution in [1.82, 2.24) is 10.6 Å². The molecule has 0 aliphatic rings. The molecule has 6 heteroatoms. The standard InChI is InChI=1S/C18H19ClN2O2S/c1-13-5-2-3-6-16(13)17(22)21-18(24)20-11-4-12-23-15-9-7-14(19)8-10-15/h2-3,5-10H,4,11-12H2,1H3,(H2,20,21,22,24). The Bertz CT molecular complexity index is 704. The topological polar surface area (TPSA) is 50.4 Å². The van der Waals surface area contributed by atoms with Gasteiger partial charge in [0.1, 0.15) is 5.75 Å². The van der Waals surface area contributed by atoms with Gasteiger partial charge in [0.15, 0.2) is 5.11 Å². The van der Waals surface area contributed by atoms with E-state index in [1.54, 1.807) is 18.2 Å². The quantitative estimate of drug-likeness (QED) is 0.607. The van der Waals surface area contributed by atoms with Gasteiger partial charge in [-0.25, -0.2) is 0 Å². The minimum Gasteiger partial charge on any atom is -0.494 e. The molecular weight excluding hydrogens is 344 g/mol. The predicted octanol–water partition coefficient (Wildman–Crippen LogP) is 3.72. The number of aryl methyl sites for hydroxylation is 1. The van der Waals surface area contributed by atoms with E-state index in [2.05, 4.69) is 10.6 Å². The summed E-state index contributed by atoms with van der Waals surface area (Å²) in [5.41, 5.74) is 1.53. The highest BCUT2D eigenvalue weighted by Gasteiger charge is 2.09. The summed E-state index contributed by atoms with van der Waals surface area (Å²) in [6, 6.07) is 14.6. The zero-order chi connectivity index (χ0) is 17.4. The lowest BCUT2D eigenvalue weighted by atomic mass is 10.1. The molecule has 0 aliphatic carbocycles. The van der Waals surface area contributed by atoms with Crippen molar-refractivity contribution in [2.75, 3.05) is 13.2 Å². The lowest BCUT2D eigenvalue weighted by Crippen LogP contribution is -2.40. The highest BCUT2D eigenvalue weighted by molar-refractivity contribution is 7.80. The fourth-order valence-electron chi connectivity index (χ4n) is 2.04. The number of carbonyl (C=O) groups is 1. The fraction of sp³-hybridized carbons (Fsp3) is 0.222. The van der Waals surface area contributed by atoms with Crippen LogP contribution in [0.15, 0.2) is 48.5 Å². The molecule has 0 bridgehead atoms. The molecule has 0 fully saturated rings. The minimum absolute atomic E-state index is 0.206. The Labute approximate surface area is 152 Å². The van der Waals surface area contributed by atoms with Crippen molar-refractivity contribution < 1.29 is 9.53 Å². The first-order valence-electron chi connectivity index (χ1n) is 7.59. The molecule has 0 aromatic heterocycles. The third-order valence-electron chi connectivity index (χ3n) is 3.31. The highest BCUT2D eigenvalue weighted by Crippen LogP contribution is 2.15. The number of hydrogen-bond acceptors (Lipinski definition) is 3. The molecule has 0 radical (unpaired) electrons. The Balaban J connectivity index is 1.65. The van der Waals surface area contributed by atoms with Crippen LogP contribution >= 0.6 is 23.8 Å². The van der Waals surface area contributed by atoms with Crippen LogP contribution in [0.2, 0.25) is 5.02 Å². The van der Waals surface area contributed by atoms with Gasteiger partial charge in [0.2, 0.25) is 0 Å². The number of rotatable bonds is 6. The van der Waals surface area contributed by atoms with E-state index >= 15 is 0 Å². The van der Waals surface area contributed by atoms with Crippen molar-refractivity contribution in [2.24, 2.45) is 0 Å². The number of carbonyl (C=O) groups excluding carboxylic acids is 1. The molecule has 24 heavy (non-hydrogen) atoms. The van der Waals surface area contributed by atoms with E-state index in [1.165, 1.54) is 0 Å². The van der Waals surface area contributed by atoms with Gasteiger partial charge in [0.05, 0.1) is 6.61 Å². The van der Waals surface area contributed by atoms with Gasteiger partial charge in [-0.2, -0.15) is 0 Å². The number of thiocarbonyl (C=S) groups is 1. The Morgan fingerprint density at radius 2 is 1.88 bits per heavy atom. The van der Waals surface area contributed by atoms with Crippen LogP contribution < -0.4 is 15.4 Å². The Morgan fingerprint density at radius 3 is 2.58 bits per heavy atom. The second-order valence-corrected chi connectivity index (χ2v) is 6.03. The second-order valence-electron chi connectivity index (χ2n) is 5.18. The molecule has 2 rings (SSSR count). The maximum atomic E-state index is 12.1. The molecule has 4 nitrogen and oxygen atoms in total. The average Bonchev–Trinajstić information content (AvgIpc) is 2.56. The van der Waals surface area contributed by atoms with E-state index < -0.39 is 0 Å². The van der Waals surface area contributed by atoms with Gasteiger partial charge in [0, 0.05) is 17.1 Å². The molecule has 0 atom stereocenters. The van der Waals surface area contributed by atoms with Crippen LogP contribution in [0.1, 0.15) is 22.3 Å². The summed E-state index contributed by atoms with van der Waals surface area (Å²) in [6.07, 6.45) is 0.753. The number of hydrogen-bond donors (Lipinski definition) is 2. The molecule has 0 saturated heterocycles. The van der Waals surface area contributed by atoms with Gasteiger partial charge in [-0.3, -0.25) is 10.1 Å². The van der Waals surface area contributed by atoms with Crippen molar-refractivity contribution in [2.45, 2.75) is 13.3 Å². The van der Waals surface area contributed by atoms with E-state index in [1.807, 2.05) is 37.3 Å². The summed E-state index contributed by atoms with van der Waals surface area (Å²) in [5.74, 6) is 0.567. The van der Waals surface area contributed by atoms with Crippen molar-refractivity contribution in [3.63, 3.8) is 0 Å². The third-order valence-corrected chi connectivity index (χ3v) is 3.80. The number of halogens is 1. The van der Waals surface area contributed by atoms with Crippen molar-refractivity contribution in [3.05, 3.63) is 64.7 Å².